The Bertz CT molecular complexity index is 2020. The molecule has 60 heavy (non-hydrogen) atoms. The van der Waals surface area contributed by atoms with Crippen molar-refractivity contribution in [3.8, 4) is 23.0 Å². The molecular formula is C46H50F4N2O8. The molecule has 2 unspecified atom stereocenters. The Morgan fingerprint density at radius 2 is 0.833 bits per heavy atom. The van der Waals surface area contributed by atoms with Gasteiger partial charge in [-0.1, -0.05) is 0 Å². The van der Waals surface area contributed by atoms with Crippen molar-refractivity contribution in [2.45, 2.75) is 88.0 Å². The van der Waals surface area contributed by atoms with Crippen molar-refractivity contribution < 1.29 is 56.3 Å². The van der Waals surface area contributed by atoms with Gasteiger partial charge in [0.2, 0.25) is 0 Å². The van der Waals surface area contributed by atoms with Crippen molar-refractivity contribution in [1.29, 1.82) is 0 Å². The zero-order chi connectivity index (χ0) is 42.5. The van der Waals surface area contributed by atoms with Crippen LogP contribution in [0.25, 0.3) is 0 Å². The van der Waals surface area contributed by atoms with Crippen molar-refractivity contribution >= 4 is 11.6 Å². The molecule has 0 saturated carbocycles. The molecular weight excluding hydrogens is 785 g/mol. The van der Waals surface area contributed by atoms with E-state index in [-0.39, 0.29) is 61.0 Å². The van der Waals surface area contributed by atoms with Gasteiger partial charge in [0.05, 0.1) is 13.1 Å². The van der Waals surface area contributed by atoms with Crippen LogP contribution in [0.1, 0.15) is 47.9 Å². The molecule has 4 aromatic rings. The fourth-order valence-corrected chi connectivity index (χ4v) is 8.20. The van der Waals surface area contributed by atoms with Gasteiger partial charge in [-0.05, 0) is 161 Å². The summed E-state index contributed by atoms with van der Waals surface area (Å²) in [6.07, 6.45) is 1.09. The van der Waals surface area contributed by atoms with Gasteiger partial charge < -0.3 is 29.2 Å². The molecule has 0 spiro atoms. The quantitative estimate of drug-likeness (QED) is 0.169. The van der Waals surface area contributed by atoms with Crippen molar-refractivity contribution in [2.24, 2.45) is 0 Å². The highest BCUT2D eigenvalue weighted by Gasteiger charge is 2.32. The second-order valence-corrected chi connectivity index (χ2v) is 16.1. The lowest BCUT2D eigenvalue weighted by molar-refractivity contribution is -0.128. The molecule has 8 rings (SSSR count). The number of nitrogens with zero attached hydrogens (tertiary/aromatic N) is 2. The first-order valence-corrected chi connectivity index (χ1v) is 20.4. The summed E-state index contributed by atoms with van der Waals surface area (Å²) >= 11 is 0. The van der Waals surface area contributed by atoms with Gasteiger partial charge in [0.25, 0.3) is 0 Å². The number of aryl methyl sites for hydroxylation is 4. The Labute approximate surface area is 346 Å². The molecule has 4 aliphatic heterocycles. The number of ketones is 2. The Kier molecular flexibility index (Phi) is 13.7. The average molecular weight is 835 g/mol. The number of Topliss-reactive ketones (excluding diaryl/α,β-unsaturated/α-hetero) is 2. The molecule has 320 valence electrons. The fourth-order valence-electron chi connectivity index (χ4n) is 8.20. The zero-order valence-corrected chi connectivity index (χ0v) is 33.6. The first-order valence-electron chi connectivity index (χ1n) is 20.4. The van der Waals surface area contributed by atoms with Crippen molar-refractivity contribution in [3.05, 3.63) is 118 Å². The standard InChI is InChI=1S/2C23H25F2NO4/c2*1-26(12-18(27)22-6-2-14-10-16(24)4-8-20(14)29-22)13-19(28)23-7-3-15-11-17(25)5-9-21(15)30-23/h2*4-5,8-11,18,22-23,27H,2-3,6-7,12-13H2,1H3/t2*18-,22+,23?/m00/s1. The number of carbonyl (C=O) groups is 2. The SMILES string of the molecule is CN(CC(=O)C1CCc2cc(F)ccc2O1)C[C@H](O)[C@H]1CCc2cc(F)ccc2O1.CN(CC(=O)C1CCc2cc(F)ccc2O1)C[C@H](O)[C@H]1CCc2cc(F)ccc2O1. The minimum absolute atomic E-state index is 0.0786. The van der Waals surface area contributed by atoms with E-state index in [9.17, 15) is 37.4 Å². The topological polar surface area (TPSA) is 118 Å². The normalized spacial score (nSPS) is 21.2. The summed E-state index contributed by atoms with van der Waals surface area (Å²) in [5.41, 5.74) is 3.16. The largest absolute Gasteiger partial charge is 0.487 e. The molecule has 0 radical (unpaired) electrons. The maximum Gasteiger partial charge on any atom is 0.187 e. The van der Waals surface area contributed by atoms with Gasteiger partial charge >= 0.3 is 0 Å². The smallest absolute Gasteiger partial charge is 0.187 e. The van der Waals surface area contributed by atoms with E-state index in [0.717, 1.165) is 22.3 Å². The van der Waals surface area contributed by atoms with E-state index in [1.807, 2.05) is 0 Å². The van der Waals surface area contributed by atoms with Crippen molar-refractivity contribution in [2.75, 3.05) is 40.3 Å². The van der Waals surface area contributed by atoms with E-state index in [1.54, 1.807) is 48.2 Å². The zero-order valence-electron chi connectivity index (χ0n) is 33.6. The third-order valence-electron chi connectivity index (χ3n) is 11.4. The lowest BCUT2D eigenvalue weighted by Crippen LogP contribution is -2.45. The summed E-state index contributed by atoms with van der Waals surface area (Å²) in [4.78, 5) is 28.8. The maximum absolute atomic E-state index is 13.3. The number of ether oxygens (including phenoxy) is 4. The number of aliphatic hydroxyl groups excluding tert-OH is 2. The van der Waals surface area contributed by atoms with E-state index in [0.29, 0.717) is 74.4 Å². The lowest BCUT2D eigenvalue weighted by atomic mass is 9.98. The highest BCUT2D eigenvalue weighted by molar-refractivity contribution is 5.86. The number of benzene rings is 4. The highest BCUT2D eigenvalue weighted by atomic mass is 19.1. The predicted molar refractivity (Wildman–Crippen MR) is 214 cm³/mol. The number of hydrogen-bond acceptors (Lipinski definition) is 10. The summed E-state index contributed by atoms with van der Waals surface area (Å²) in [5.74, 6) is 0.910. The minimum atomic E-state index is -0.781. The first kappa shape index (κ1) is 43.1. The van der Waals surface area contributed by atoms with Gasteiger partial charge in [0.15, 0.2) is 23.8 Å². The summed E-state index contributed by atoms with van der Waals surface area (Å²) in [6.45, 7) is 0.794. The van der Waals surface area contributed by atoms with Crippen LogP contribution in [0.4, 0.5) is 17.6 Å². The average Bonchev–Trinajstić information content (AvgIpc) is 3.22. The van der Waals surface area contributed by atoms with E-state index >= 15 is 0 Å². The Morgan fingerprint density at radius 3 is 1.17 bits per heavy atom. The highest BCUT2D eigenvalue weighted by Crippen LogP contribution is 2.32. The second-order valence-electron chi connectivity index (χ2n) is 16.1. The van der Waals surface area contributed by atoms with Crippen LogP contribution in [0, 0.1) is 23.3 Å². The van der Waals surface area contributed by atoms with Gasteiger partial charge in [-0.15, -0.1) is 0 Å². The van der Waals surface area contributed by atoms with Crippen LogP contribution in [0.3, 0.4) is 0 Å². The van der Waals surface area contributed by atoms with Gasteiger partial charge in [-0.3, -0.25) is 19.4 Å². The summed E-state index contributed by atoms with van der Waals surface area (Å²) in [7, 11) is 3.53. The first-order chi connectivity index (χ1) is 28.8. The van der Waals surface area contributed by atoms with Crippen LogP contribution in [0.15, 0.2) is 72.8 Å². The van der Waals surface area contributed by atoms with E-state index in [4.69, 9.17) is 18.9 Å². The third-order valence-corrected chi connectivity index (χ3v) is 11.4. The number of aliphatic hydroxyl groups is 2. The number of hydrogen-bond donors (Lipinski definition) is 2. The molecule has 6 atom stereocenters. The molecule has 14 heteroatoms. The molecule has 4 aromatic carbocycles. The molecule has 0 aliphatic carbocycles. The predicted octanol–water partition coefficient (Wildman–Crippen LogP) is 5.83. The maximum atomic E-state index is 13.3. The Hall–Kier alpha value is -5.02. The summed E-state index contributed by atoms with van der Waals surface area (Å²) in [5, 5.41) is 21.2. The molecule has 4 heterocycles. The molecule has 0 amide bonds. The van der Waals surface area contributed by atoms with Gasteiger partial charge in [-0.2, -0.15) is 0 Å². The molecule has 10 nitrogen and oxygen atoms in total. The Balaban J connectivity index is 0.000000181. The monoisotopic (exact) mass is 834 g/mol. The van der Waals surface area contributed by atoms with Crippen LogP contribution in [-0.4, -0.2) is 108 Å². The fraction of sp³-hybridized carbons (Fsp3) is 0.435. The molecule has 0 saturated heterocycles. The van der Waals surface area contributed by atoms with Crippen LogP contribution in [0.5, 0.6) is 23.0 Å². The molecule has 0 bridgehead atoms. The van der Waals surface area contributed by atoms with Crippen molar-refractivity contribution in [3.63, 3.8) is 0 Å². The molecule has 0 fully saturated rings. The van der Waals surface area contributed by atoms with Gasteiger partial charge in [-0.25, -0.2) is 17.6 Å². The Morgan fingerprint density at radius 1 is 0.533 bits per heavy atom. The second kappa shape index (κ2) is 19.1. The van der Waals surface area contributed by atoms with E-state index in [1.165, 1.54) is 48.5 Å². The number of fused-ring (bicyclic) bond motifs is 4. The number of halogens is 4. The van der Waals surface area contributed by atoms with Crippen LogP contribution < -0.4 is 18.9 Å². The number of rotatable bonds is 12. The van der Waals surface area contributed by atoms with E-state index < -0.39 is 36.6 Å². The van der Waals surface area contributed by atoms with Crippen molar-refractivity contribution in [1.82, 2.24) is 9.80 Å². The minimum Gasteiger partial charge on any atom is -0.487 e. The summed E-state index contributed by atoms with van der Waals surface area (Å²) < 4.78 is 76.5. The van der Waals surface area contributed by atoms with E-state index in [2.05, 4.69) is 0 Å². The third kappa shape index (κ3) is 10.8. The molecule has 4 aliphatic rings. The van der Waals surface area contributed by atoms with Gasteiger partial charge in [0, 0.05) is 13.1 Å². The van der Waals surface area contributed by atoms with Crippen LogP contribution >= 0.6 is 0 Å². The summed E-state index contributed by atoms with van der Waals surface area (Å²) in [6, 6.07) is 17.4. The number of carbonyl (C=O) groups excluding carboxylic acids is 2. The lowest BCUT2D eigenvalue weighted by Gasteiger charge is -2.32. The van der Waals surface area contributed by atoms with Crippen LogP contribution in [-0.2, 0) is 35.3 Å². The van der Waals surface area contributed by atoms with Crippen LogP contribution in [0.2, 0.25) is 0 Å². The molecule has 2 N–H and O–H groups in total. The van der Waals surface area contributed by atoms with Gasteiger partial charge in [0.1, 0.15) is 70.7 Å². The number of likely N-dealkylation sites (N-methyl/N-ethyl adjacent to an activating group) is 2. The molecule has 0 aromatic heterocycles.